The molecule has 0 amide bonds. The predicted octanol–water partition coefficient (Wildman–Crippen LogP) is 0.375. The van der Waals surface area contributed by atoms with Gasteiger partial charge in [-0.3, -0.25) is 4.99 Å². The van der Waals surface area contributed by atoms with Crippen LogP contribution < -0.4 is 10.2 Å². The molecule has 2 rings (SSSR count). The molecule has 22 heavy (non-hydrogen) atoms. The number of rotatable bonds is 6. The van der Waals surface area contributed by atoms with Crippen molar-refractivity contribution in [3.8, 4) is 11.4 Å². The third-order valence-electron chi connectivity index (χ3n) is 2.79. The third kappa shape index (κ3) is 3.06. The minimum Gasteiger partial charge on any atom is -0.497 e. The van der Waals surface area contributed by atoms with Gasteiger partial charge in [-0.2, -0.15) is 0 Å². The van der Waals surface area contributed by atoms with Crippen molar-refractivity contribution in [2.24, 2.45) is 4.99 Å². The van der Waals surface area contributed by atoms with Crippen LogP contribution in [0.3, 0.4) is 0 Å². The summed E-state index contributed by atoms with van der Waals surface area (Å²) in [7, 11) is 3.00. The Hall–Kier alpha value is -2.88. The molecule has 1 aromatic carbocycles. The molecule has 0 fully saturated rings. The third-order valence-corrected chi connectivity index (χ3v) is 2.79. The summed E-state index contributed by atoms with van der Waals surface area (Å²) in [5.74, 6) is 0.0642. The van der Waals surface area contributed by atoms with Gasteiger partial charge in [-0.05, 0) is 34.0 Å². The Morgan fingerprint density at radius 2 is 2.05 bits per heavy atom. The molecule has 2 aromatic rings. The number of hydrogen-bond acceptors (Lipinski definition) is 7. The lowest BCUT2D eigenvalue weighted by atomic mass is 10.3. The molecule has 0 spiro atoms. The average molecular weight is 309 g/mol. The van der Waals surface area contributed by atoms with E-state index in [1.165, 1.54) is 14.2 Å². The molecule has 0 aliphatic carbocycles. The first-order valence-corrected chi connectivity index (χ1v) is 6.28. The number of nitrogens with zero attached hydrogens (tertiary/aromatic N) is 5. The van der Waals surface area contributed by atoms with Crippen molar-refractivity contribution in [3.63, 3.8) is 0 Å². The van der Waals surface area contributed by atoms with Gasteiger partial charge >= 0.3 is 5.82 Å². The number of methoxy groups -OCH3 is 2. The Labute approximate surface area is 124 Å². The zero-order valence-electron chi connectivity index (χ0n) is 12.0. The van der Waals surface area contributed by atoms with E-state index in [4.69, 9.17) is 9.47 Å². The SMILES string of the molecule is COCCN=c1c([N+](=O)[O-])nn(-c2ccc(OC)cc2)n1O. The summed E-state index contributed by atoms with van der Waals surface area (Å²) in [6.45, 7) is 0.428. The monoisotopic (exact) mass is 309 g/mol. The van der Waals surface area contributed by atoms with Crippen molar-refractivity contribution in [1.29, 1.82) is 0 Å². The highest BCUT2D eigenvalue weighted by atomic mass is 16.6. The van der Waals surface area contributed by atoms with E-state index >= 15 is 0 Å². The van der Waals surface area contributed by atoms with E-state index in [1.54, 1.807) is 24.3 Å². The summed E-state index contributed by atoms with van der Waals surface area (Å²) in [6, 6.07) is 6.48. The van der Waals surface area contributed by atoms with Crippen molar-refractivity contribution < 1.29 is 19.6 Å². The molecular formula is C12H15N5O5. The summed E-state index contributed by atoms with van der Waals surface area (Å²) in [6.07, 6.45) is 0. The van der Waals surface area contributed by atoms with Gasteiger partial charge in [0.2, 0.25) is 0 Å². The molecule has 0 unspecified atom stereocenters. The lowest BCUT2D eigenvalue weighted by Crippen LogP contribution is -2.23. The Bertz CT molecular complexity index is 718. The predicted molar refractivity (Wildman–Crippen MR) is 74.3 cm³/mol. The van der Waals surface area contributed by atoms with E-state index in [0.717, 1.165) is 4.80 Å². The van der Waals surface area contributed by atoms with Crippen LogP contribution in [-0.2, 0) is 4.74 Å². The van der Waals surface area contributed by atoms with Crippen LogP contribution in [0, 0.1) is 10.1 Å². The fourth-order valence-corrected chi connectivity index (χ4v) is 1.73. The molecule has 0 bridgehead atoms. The van der Waals surface area contributed by atoms with Crippen molar-refractivity contribution in [2.45, 2.75) is 0 Å². The van der Waals surface area contributed by atoms with Gasteiger partial charge in [0.15, 0.2) is 0 Å². The molecule has 1 N–H and O–H groups in total. The Balaban J connectivity index is 2.50. The van der Waals surface area contributed by atoms with Crippen LogP contribution in [0.4, 0.5) is 5.82 Å². The molecule has 1 aromatic heterocycles. The second-order valence-corrected chi connectivity index (χ2v) is 4.16. The standard InChI is InChI=1S/C12H15N5O5/c1-21-8-7-13-11-12(17(19)20)14-15(16(11)18)9-3-5-10(22-2)6-4-9/h3-6,18H,7-8H2,1-2H3. The minimum absolute atomic E-state index is 0.159. The van der Waals surface area contributed by atoms with Crippen molar-refractivity contribution in [2.75, 3.05) is 27.4 Å². The van der Waals surface area contributed by atoms with Crippen molar-refractivity contribution >= 4 is 5.82 Å². The fourth-order valence-electron chi connectivity index (χ4n) is 1.73. The van der Waals surface area contributed by atoms with Crippen molar-refractivity contribution in [1.82, 2.24) is 14.7 Å². The first kappa shape index (κ1) is 15.5. The van der Waals surface area contributed by atoms with E-state index in [2.05, 4.69) is 10.1 Å². The van der Waals surface area contributed by atoms with Gasteiger partial charge in [0.05, 0.1) is 25.4 Å². The van der Waals surface area contributed by atoms with Gasteiger partial charge in [0, 0.05) is 7.11 Å². The molecule has 0 radical (unpaired) electrons. The topological polar surface area (TPSA) is 117 Å². The second-order valence-electron chi connectivity index (χ2n) is 4.16. The van der Waals surface area contributed by atoms with E-state index in [1.807, 2.05) is 0 Å². The summed E-state index contributed by atoms with van der Waals surface area (Å²) in [4.78, 5) is 15.8. The Morgan fingerprint density at radius 3 is 2.59 bits per heavy atom. The number of nitro groups is 1. The highest BCUT2D eigenvalue weighted by molar-refractivity contribution is 5.36. The van der Waals surface area contributed by atoms with E-state index in [9.17, 15) is 15.3 Å². The lowest BCUT2D eigenvalue weighted by molar-refractivity contribution is -0.391. The summed E-state index contributed by atoms with van der Waals surface area (Å²) >= 11 is 0. The molecule has 1 heterocycles. The Morgan fingerprint density at radius 1 is 1.36 bits per heavy atom. The van der Waals surface area contributed by atoms with Gasteiger partial charge in [-0.15, -0.1) is 0 Å². The van der Waals surface area contributed by atoms with Crippen LogP contribution in [0.2, 0.25) is 0 Å². The summed E-state index contributed by atoms with van der Waals surface area (Å²) in [5, 5.41) is 24.9. The Kier molecular flexibility index (Phi) is 4.73. The highest BCUT2D eigenvalue weighted by Crippen LogP contribution is 2.14. The fraction of sp³-hybridized carbons (Fsp3) is 0.333. The maximum Gasteiger partial charge on any atom is 0.438 e. The number of ether oxygens (including phenoxy) is 2. The molecular weight excluding hydrogens is 294 g/mol. The summed E-state index contributed by atoms with van der Waals surface area (Å²) < 4.78 is 9.85. The molecule has 0 saturated heterocycles. The smallest absolute Gasteiger partial charge is 0.438 e. The van der Waals surface area contributed by atoms with E-state index < -0.39 is 10.7 Å². The average Bonchev–Trinajstić information content (AvgIpc) is 2.85. The van der Waals surface area contributed by atoms with E-state index in [0.29, 0.717) is 16.3 Å². The highest BCUT2D eigenvalue weighted by Gasteiger charge is 2.23. The molecule has 0 atom stereocenters. The van der Waals surface area contributed by atoms with Gasteiger partial charge in [-0.25, -0.2) is 0 Å². The zero-order chi connectivity index (χ0) is 16.1. The van der Waals surface area contributed by atoms with Crippen LogP contribution in [0.1, 0.15) is 0 Å². The molecule has 0 aliphatic rings. The zero-order valence-corrected chi connectivity index (χ0v) is 12.0. The first-order valence-electron chi connectivity index (χ1n) is 6.28. The normalized spacial score (nSPS) is 11.6. The van der Waals surface area contributed by atoms with Gasteiger partial charge in [-0.1, -0.05) is 4.85 Å². The maximum absolute atomic E-state index is 11.0. The lowest BCUT2D eigenvalue weighted by Gasteiger charge is -2.02. The second kappa shape index (κ2) is 6.72. The molecule has 0 saturated carbocycles. The molecule has 10 nitrogen and oxygen atoms in total. The number of hydrogen-bond donors (Lipinski definition) is 1. The quantitative estimate of drug-likeness (QED) is 0.357. The first-order chi connectivity index (χ1) is 10.6. The van der Waals surface area contributed by atoms with Crippen LogP contribution in [0.15, 0.2) is 29.3 Å². The molecule has 118 valence electrons. The van der Waals surface area contributed by atoms with Crippen LogP contribution in [-0.4, -0.2) is 52.2 Å². The minimum atomic E-state index is -0.710. The summed E-state index contributed by atoms with van der Waals surface area (Å²) in [5.41, 5.74) is 0.164. The van der Waals surface area contributed by atoms with Crippen molar-refractivity contribution in [3.05, 3.63) is 39.9 Å². The van der Waals surface area contributed by atoms with Gasteiger partial charge < -0.3 is 24.8 Å². The largest absolute Gasteiger partial charge is 0.497 e. The van der Waals surface area contributed by atoms with Gasteiger partial charge in [0.1, 0.15) is 11.4 Å². The van der Waals surface area contributed by atoms with Crippen LogP contribution in [0.25, 0.3) is 5.69 Å². The molecule has 0 aliphatic heterocycles. The van der Waals surface area contributed by atoms with Gasteiger partial charge in [0.25, 0.3) is 5.49 Å². The van der Waals surface area contributed by atoms with Crippen LogP contribution >= 0.6 is 0 Å². The number of aromatic nitrogens is 3. The maximum atomic E-state index is 11.0. The van der Waals surface area contributed by atoms with E-state index in [-0.39, 0.29) is 18.6 Å². The van der Waals surface area contributed by atoms with Crippen LogP contribution in [0.5, 0.6) is 5.75 Å². The molecule has 10 heteroatoms. The number of benzene rings is 1.